The molecule has 0 saturated carbocycles. The predicted octanol–water partition coefficient (Wildman–Crippen LogP) is 5.03. The fourth-order valence-corrected chi connectivity index (χ4v) is 5.27. The zero-order chi connectivity index (χ0) is 15.5. The predicted molar refractivity (Wildman–Crippen MR) is 98.0 cm³/mol. The number of benzene rings is 2. The highest BCUT2D eigenvalue weighted by Crippen LogP contribution is 2.45. The highest BCUT2D eigenvalue weighted by atomic mass is 32.2. The van der Waals surface area contributed by atoms with E-state index in [1.54, 1.807) is 0 Å². The Kier molecular flexibility index (Phi) is 4.79. The molecular weight excluding hydrogens is 310 g/mol. The number of carbonyl (C=O) groups is 1. The summed E-state index contributed by atoms with van der Waals surface area (Å²) in [6.07, 6.45) is 0. The van der Waals surface area contributed by atoms with Gasteiger partial charge in [0.15, 0.2) is 0 Å². The van der Waals surface area contributed by atoms with E-state index >= 15 is 0 Å². The molecule has 0 aliphatic carbocycles. The molecule has 1 fully saturated rings. The highest BCUT2D eigenvalue weighted by Gasteiger charge is 2.18. The zero-order valence-electron chi connectivity index (χ0n) is 12.8. The Morgan fingerprint density at radius 3 is 2.41 bits per heavy atom. The van der Waals surface area contributed by atoms with E-state index in [9.17, 15) is 4.79 Å². The number of thioether (sulfide) groups is 2. The minimum Gasteiger partial charge on any atom is -0.322 e. The van der Waals surface area contributed by atoms with Gasteiger partial charge in [0.2, 0.25) is 0 Å². The van der Waals surface area contributed by atoms with E-state index in [0.29, 0.717) is 10.1 Å². The van der Waals surface area contributed by atoms with Gasteiger partial charge < -0.3 is 5.32 Å². The molecule has 1 heterocycles. The van der Waals surface area contributed by atoms with Crippen molar-refractivity contribution in [1.29, 1.82) is 0 Å². The third-order valence-corrected chi connectivity index (χ3v) is 6.81. The van der Waals surface area contributed by atoms with Crippen molar-refractivity contribution in [3.63, 3.8) is 0 Å². The molecule has 22 heavy (non-hydrogen) atoms. The zero-order valence-corrected chi connectivity index (χ0v) is 14.4. The van der Waals surface area contributed by atoms with Crippen LogP contribution in [0.4, 0.5) is 5.69 Å². The van der Waals surface area contributed by atoms with Crippen molar-refractivity contribution in [3.05, 3.63) is 64.7 Å². The van der Waals surface area contributed by atoms with Gasteiger partial charge in [0, 0.05) is 22.8 Å². The summed E-state index contributed by atoms with van der Waals surface area (Å²) in [6.45, 7) is 4.04. The van der Waals surface area contributed by atoms with Gasteiger partial charge in [0.05, 0.1) is 4.58 Å². The third kappa shape index (κ3) is 3.50. The fourth-order valence-electron chi connectivity index (χ4n) is 2.41. The van der Waals surface area contributed by atoms with E-state index in [1.807, 2.05) is 61.6 Å². The maximum Gasteiger partial charge on any atom is 0.255 e. The first-order chi connectivity index (χ1) is 10.6. The first-order valence-electron chi connectivity index (χ1n) is 7.35. The molecular formula is C18H19NOS2. The Balaban J connectivity index is 1.73. The second kappa shape index (κ2) is 6.80. The quantitative estimate of drug-likeness (QED) is 0.856. The number of aryl methyl sites for hydroxylation is 2. The highest BCUT2D eigenvalue weighted by molar-refractivity contribution is 8.19. The van der Waals surface area contributed by atoms with Crippen LogP contribution in [-0.2, 0) is 0 Å². The van der Waals surface area contributed by atoms with Crippen LogP contribution in [0.5, 0.6) is 0 Å². The summed E-state index contributed by atoms with van der Waals surface area (Å²) in [6, 6.07) is 14.1. The Morgan fingerprint density at radius 2 is 1.73 bits per heavy atom. The van der Waals surface area contributed by atoms with Crippen LogP contribution < -0.4 is 5.32 Å². The summed E-state index contributed by atoms with van der Waals surface area (Å²) in [5.74, 6) is 2.38. The molecule has 2 nitrogen and oxygen atoms in total. The molecule has 3 rings (SSSR count). The van der Waals surface area contributed by atoms with Gasteiger partial charge >= 0.3 is 0 Å². The maximum atomic E-state index is 12.4. The number of amides is 1. The topological polar surface area (TPSA) is 29.1 Å². The van der Waals surface area contributed by atoms with Crippen molar-refractivity contribution in [2.24, 2.45) is 0 Å². The molecule has 1 aliphatic rings. The van der Waals surface area contributed by atoms with E-state index in [0.717, 1.165) is 16.8 Å². The molecule has 0 unspecified atom stereocenters. The number of carbonyl (C=O) groups excluding carboxylic acids is 1. The number of hydrogen-bond acceptors (Lipinski definition) is 3. The summed E-state index contributed by atoms with van der Waals surface area (Å²) in [5.41, 5.74) is 5.12. The molecule has 1 saturated heterocycles. The lowest BCUT2D eigenvalue weighted by atomic mass is 10.1. The summed E-state index contributed by atoms with van der Waals surface area (Å²) in [5, 5.41) is 3.01. The molecule has 0 aromatic heterocycles. The average molecular weight is 329 g/mol. The monoisotopic (exact) mass is 329 g/mol. The van der Waals surface area contributed by atoms with Crippen molar-refractivity contribution in [2.45, 2.75) is 18.4 Å². The van der Waals surface area contributed by atoms with Gasteiger partial charge in [-0.25, -0.2) is 0 Å². The molecule has 1 N–H and O–H groups in total. The molecule has 114 valence electrons. The first kappa shape index (κ1) is 15.5. The SMILES string of the molecule is Cc1ccc(C)c(NC(=O)c2ccc(C3SCCS3)cc2)c1. The van der Waals surface area contributed by atoms with Crippen molar-refractivity contribution < 1.29 is 4.79 Å². The van der Waals surface area contributed by atoms with E-state index in [1.165, 1.54) is 17.1 Å². The summed E-state index contributed by atoms with van der Waals surface area (Å²) in [7, 11) is 0. The Bertz CT molecular complexity index is 676. The van der Waals surface area contributed by atoms with Crippen LogP contribution in [0.2, 0.25) is 0 Å². The molecule has 0 atom stereocenters. The van der Waals surface area contributed by atoms with Crippen molar-refractivity contribution in [1.82, 2.24) is 0 Å². The molecule has 0 radical (unpaired) electrons. The van der Waals surface area contributed by atoms with Crippen LogP contribution in [0.15, 0.2) is 42.5 Å². The molecule has 0 spiro atoms. The summed E-state index contributed by atoms with van der Waals surface area (Å²) >= 11 is 3.96. The maximum absolute atomic E-state index is 12.4. The molecule has 0 bridgehead atoms. The number of anilines is 1. The second-order valence-corrected chi connectivity index (χ2v) is 8.19. The summed E-state index contributed by atoms with van der Waals surface area (Å²) in [4.78, 5) is 12.4. The van der Waals surface area contributed by atoms with Gasteiger partial charge in [-0.1, -0.05) is 24.3 Å². The van der Waals surface area contributed by atoms with Gasteiger partial charge in [-0.15, -0.1) is 23.5 Å². The first-order valence-corrected chi connectivity index (χ1v) is 9.45. The lowest BCUT2D eigenvalue weighted by Gasteiger charge is -2.11. The molecule has 4 heteroatoms. The van der Waals surface area contributed by atoms with Gasteiger partial charge in [-0.05, 0) is 48.7 Å². The Labute approximate surface area is 140 Å². The van der Waals surface area contributed by atoms with Crippen LogP contribution >= 0.6 is 23.5 Å². The standard InChI is InChI=1S/C18H19NOS2/c1-12-3-4-13(2)16(11-12)19-17(20)14-5-7-15(8-6-14)18-21-9-10-22-18/h3-8,11,18H,9-10H2,1-2H3,(H,19,20). The van der Waals surface area contributed by atoms with Crippen molar-refractivity contribution in [3.8, 4) is 0 Å². The van der Waals surface area contributed by atoms with Crippen LogP contribution in [0.1, 0.15) is 31.6 Å². The minimum atomic E-state index is -0.0491. The van der Waals surface area contributed by atoms with Crippen molar-refractivity contribution >= 4 is 35.1 Å². The normalized spacial score (nSPS) is 15.0. The smallest absolute Gasteiger partial charge is 0.255 e. The van der Waals surface area contributed by atoms with Crippen LogP contribution in [-0.4, -0.2) is 17.4 Å². The van der Waals surface area contributed by atoms with E-state index in [2.05, 4.69) is 23.5 Å². The Hall–Kier alpha value is -1.39. The molecule has 2 aromatic carbocycles. The van der Waals surface area contributed by atoms with Crippen LogP contribution in [0.3, 0.4) is 0 Å². The fraction of sp³-hybridized carbons (Fsp3) is 0.278. The average Bonchev–Trinajstić information content (AvgIpc) is 3.05. The van der Waals surface area contributed by atoms with Gasteiger partial charge in [-0.3, -0.25) is 4.79 Å². The number of rotatable bonds is 3. The third-order valence-electron chi connectivity index (χ3n) is 3.71. The van der Waals surface area contributed by atoms with Crippen LogP contribution in [0, 0.1) is 13.8 Å². The minimum absolute atomic E-state index is 0.0491. The summed E-state index contributed by atoms with van der Waals surface area (Å²) < 4.78 is 0.524. The number of hydrogen-bond donors (Lipinski definition) is 1. The van der Waals surface area contributed by atoms with E-state index in [4.69, 9.17) is 0 Å². The van der Waals surface area contributed by atoms with Gasteiger partial charge in [-0.2, -0.15) is 0 Å². The largest absolute Gasteiger partial charge is 0.322 e. The van der Waals surface area contributed by atoms with Gasteiger partial charge in [0.25, 0.3) is 5.91 Å². The number of nitrogens with one attached hydrogen (secondary N) is 1. The Morgan fingerprint density at radius 1 is 1.05 bits per heavy atom. The molecule has 1 amide bonds. The molecule has 1 aliphatic heterocycles. The second-order valence-electron chi connectivity index (χ2n) is 5.47. The van der Waals surface area contributed by atoms with Gasteiger partial charge in [0.1, 0.15) is 0 Å². The van der Waals surface area contributed by atoms with E-state index < -0.39 is 0 Å². The lowest BCUT2D eigenvalue weighted by Crippen LogP contribution is -2.12. The lowest BCUT2D eigenvalue weighted by molar-refractivity contribution is 0.102. The van der Waals surface area contributed by atoms with Crippen molar-refractivity contribution in [2.75, 3.05) is 16.8 Å². The van der Waals surface area contributed by atoms with Crippen LogP contribution in [0.25, 0.3) is 0 Å². The van der Waals surface area contributed by atoms with E-state index in [-0.39, 0.29) is 5.91 Å². The molecule has 2 aromatic rings.